The molecule has 0 spiro atoms. The number of hydrogen-bond acceptors (Lipinski definition) is 3. The van der Waals surface area contributed by atoms with Crippen molar-refractivity contribution in [1.29, 1.82) is 0 Å². The van der Waals surface area contributed by atoms with Crippen molar-refractivity contribution in [3.8, 4) is 0 Å². The molecule has 1 rings (SSSR count). The van der Waals surface area contributed by atoms with E-state index in [2.05, 4.69) is 0 Å². The molecule has 1 aliphatic carbocycles. The summed E-state index contributed by atoms with van der Waals surface area (Å²) in [5.74, 6) is 0.512. The van der Waals surface area contributed by atoms with Gasteiger partial charge in [-0.05, 0) is 32.6 Å². The predicted molar refractivity (Wildman–Crippen MR) is 58.6 cm³/mol. The zero-order valence-corrected chi connectivity index (χ0v) is 9.83. The minimum absolute atomic E-state index is 0.0609. The van der Waals surface area contributed by atoms with Crippen LogP contribution in [0.3, 0.4) is 0 Å². The van der Waals surface area contributed by atoms with Crippen LogP contribution in [-0.4, -0.2) is 25.3 Å². The number of carbonyl (C=O) groups is 1. The fourth-order valence-corrected chi connectivity index (χ4v) is 1.95. The maximum Gasteiger partial charge on any atom is 0.306 e. The van der Waals surface area contributed by atoms with Gasteiger partial charge in [0.25, 0.3) is 0 Å². The molecule has 3 heteroatoms. The van der Waals surface area contributed by atoms with Crippen LogP contribution in [0.15, 0.2) is 0 Å². The average molecular weight is 214 g/mol. The molecule has 88 valence electrons. The Hall–Kier alpha value is -0.570. The lowest BCUT2D eigenvalue weighted by Crippen LogP contribution is -2.15. The van der Waals surface area contributed by atoms with E-state index in [4.69, 9.17) is 9.47 Å². The summed E-state index contributed by atoms with van der Waals surface area (Å²) in [6.45, 7) is 4.85. The molecule has 0 aliphatic heterocycles. The topological polar surface area (TPSA) is 35.5 Å². The van der Waals surface area contributed by atoms with E-state index in [1.165, 1.54) is 25.7 Å². The van der Waals surface area contributed by atoms with Gasteiger partial charge >= 0.3 is 5.97 Å². The second-order valence-electron chi connectivity index (χ2n) is 4.49. The third kappa shape index (κ3) is 5.78. The summed E-state index contributed by atoms with van der Waals surface area (Å²) in [7, 11) is 0. The molecule has 0 aromatic heterocycles. The lowest BCUT2D eigenvalue weighted by atomic mass is 10.1. The Morgan fingerprint density at radius 2 is 1.93 bits per heavy atom. The highest BCUT2D eigenvalue weighted by Crippen LogP contribution is 2.27. The Morgan fingerprint density at radius 3 is 2.53 bits per heavy atom. The maximum atomic E-state index is 11.4. The molecule has 1 fully saturated rings. The van der Waals surface area contributed by atoms with Gasteiger partial charge < -0.3 is 9.47 Å². The van der Waals surface area contributed by atoms with Crippen LogP contribution in [0.4, 0.5) is 0 Å². The molecule has 0 atom stereocenters. The van der Waals surface area contributed by atoms with Gasteiger partial charge in [0, 0.05) is 6.42 Å². The van der Waals surface area contributed by atoms with Crippen molar-refractivity contribution in [1.82, 2.24) is 0 Å². The minimum atomic E-state index is -0.0609. The lowest BCUT2D eigenvalue weighted by molar-refractivity contribution is -0.146. The maximum absolute atomic E-state index is 11.4. The van der Waals surface area contributed by atoms with Crippen molar-refractivity contribution in [3.05, 3.63) is 0 Å². The highest BCUT2D eigenvalue weighted by Gasteiger charge is 2.18. The summed E-state index contributed by atoms with van der Waals surface area (Å²) in [5, 5.41) is 0. The summed E-state index contributed by atoms with van der Waals surface area (Å²) in [4.78, 5) is 11.4. The first kappa shape index (κ1) is 12.5. The molecule has 0 unspecified atom stereocenters. The summed E-state index contributed by atoms with van der Waals surface area (Å²) in [6.07, 6.45) is 5.73. The molecule has 0 aromatic carbocycles. The molecule has 0 heterocycles. The van der Waals surface area contributed by atoms with Crippen LogP contribution in [0.2, 0.25) is 0 Å². The summed E-state index contributed by atoms with van der Waals surface area (Å²) in [6, 6.07) is 0. The van der Waals surface area contributed by atoms with E-state index in [1.54, 1.807) is 0 Å². The quantitative estimate of drug-likeness (QED) is 0.503. The molecule has 1 saturated carbocycles. The molecule has 15 heavy (non-hydrogen) atoms. The van der Waals surface area contributed by atoms with Gasteiger partial charge in [-0.15, -0.1) is 0 Å². The van der Waals surface area contributed by atoms with Crippen LogP contribution in [0.1, 0.15) is 46.0 Å². The Bertz CT molecular complexity index is 183. The summed E-state index contributed by atoms with van der Waals surface area (Å²) in [5.41, 5.74) is 0. The van der Waals surface area contributed by atoms with Crippen LogP contribution in [0.25, 0.3) is 0 Å². The van der Waals surface area contributed by atoms with Gasteiger partial charge in [-0.1, -0.05) is 12.8 Å². The zero-order chi connectivity index (χ0) is 11.1. The predicted octanol–water partition coefficient (Wildman–Crippen LogP) is 2.53. The van der Waals surface area contributed by atoms with Gasteiger partial charge in [0.1, 0.15) is 6.61 Å². The van der Waals surface area contributed by atoms with Gasteiger partial charge in [0.15, 0.2) is 0 Å². The van der Waals surface area contributed by atoms with Gasteiger partial charge in [-0.3, -0.25) is 4.79 Å². The molecule has 0 saturated heterocycles. The Labute approximate surface area is 92.1 Å². The SMILES string of the molecule is CC(C)OCCOC(=O)CC1CCCC1. The third-order valence-electron chi connectivity index (χ3n) is 2.73. The van der Waals surface area contributed by atoms with Crippen LogP contribution in [0, 0.1) is 5.92 Å². The standard InChI is InChI=1S/C12H22O3/c1-10(2)14-7-8-15-12(13)9-11-5-3-4-6-11/h10-11H,3-9H2,1-2H3. The first-order valence-electron chi connectivity index (χ1n) is 5.95. The smallest absolute Gasteiger partial charge is 0.306 e. The minimum Gasteiger partial charge on any atom is -0.463 e. The van der Waals surface area contributed by atoms with E-state index < -0.39 is 0 Å². The van der Waals surface area contributed by atoms with Gasteiger partial charge in [0.05, 0.1) is 12.7 Å². The van der Waals surface area contributed by atoms with E-state index in [0.717, 1.165) is 0 Å². The van der Waals surface area contributed by atoms with Crippen LogP contribution in [-0.2, 0) is 14.3 Å². The third-order valence-corrected chi connectivity index (χ3v) is 2.73. The van der Waals surface area contributed by atoms with E-state index in [9.17, 15) is 4.79 Å². The number of carbonyl (C=O) groups excluding carboxylic acids is 1. The second kappa shape index (κ2) is 6.83. The van der Waals surface area contributed by atoms with Crippen molar-refractivity contribution >= 4 is 5.97 Å². The first-order chi connectivity index (χ1) is 7.18. The molecular formula is C12H22O3. The summed E-state index contributed by atoms with van der Waals surface area (Å²) >= 11 is 0. The second-order valence-corrected chi connectivity index (χ2v) is 4.49. The number of hydrogen-bond donors (Lipinski definition) is 0. The van der Waals surface area contributed by atoms with E-state index in [1.807, 2.05) is 13.8 Å². The van der Waals surface area contributed by atoms with Crippen LogP contribution in [0.5, 0.6) is 0 Å². The van der Waals surface area contributed by atoms with Gasteiger partial charge in [0.2, 0.25) is 0 Å². The number of ether oxygens (including phenoxy) is 2. The monoisotopic (exact) mass is 214 g/mol. The molecule has 0 amide bonds. The van der Waals surface area contributed by atoms with Gasteiger partial charge in [-0.25, -0.2) is 0 Å². The summed E-state index contributed by atoms with van der Waals surface area (Å²) < 4.78 is 10.4. The van der Waals surface area contributed by atoms with Crippen LogP contribution >= 0.6 is 0 Å². The largest absolute Gasteiger partial charge is 0.463 e. The van der Waals surface area contributed by atoms with E-state index >= 15 is 0 Å². The van der Waals surface area contributed by atoms with E-state index in [0.29, 0.717) is 25.6 Å². The van der Waals surface area contributed by atoms with Crippen molar-refractivity contribution in [2.45, 2.75) is 52.1 Å². The highest BCUT2D eigenvalue weighted by molar-refractivity contribution is 5.69. The molecule has 3 nitrogen and oxygen atoms in total. The molecule has 0 aromatic rings. The fourth-order valence-electron chi connectivity index (χ4n) is 1.95. The number of rotatable bonds is 6. The van der Waals surface area contributed by atoms with E-state index in [-0.39, 0.29) is 12.1 Å². The van der Waals surface area contributed by atoms with Crippen molar-refractivity contribution in [2.24, 2.45) is 5.92 Å². The highest BCUT2D eigenvalue weighted by atomic mass is 16.6. The zero-order valence-electron chi connectivity index (χ0n) is 9.83. The molecule has 0 bridgehead atoms. The molecular weight excluding hydrogens is 192 g/mol. The lowest BCUT2D eigenvalue weighted by Gasteiger charge is -2.10. The molecule has 0 radical (unpaired) electrons. The Balaban J connectivity index is 1.98. The molecule has 1 aliphatic rings. The van der Waals surface area contributed by atoms with Gasteiger partial charge in [-0.2, -0.15) is 0 Å². The number of esters is 1. The average Bonchev–Trinajstić information content (AvgIpc) is 2.64. The Kier molecular flexibility index (Phi) is 5.69. The Morgan fingerprint density at radius 1 is 1.27 bits per heavy atom. The normalized spacial score (nSPS) is 17.3. The van der Waals surface area contributed by atoms with Crippen molar-refractivity contribution < 1.29 is 14.3 Å². The van der Waals surface area contributed by atoms with Crippen molar-refractivity contribution in [2.75, 3.05) is 13.2 Å². The molecule has 0 N–H and O–H groups in total. The van der Waals surface area contributed by atoms with Crippen molar-refractivity contribution in [3.63, 3.8) is 0 Å². The van der Waals surface area contributed by atoms with Crippen LogP contribution < -0.4 is 0 Å². The fraction of sp³-hybridized carbons (Fsp3) is 0.917. The first-order valence-corrected chi connectivity index (χ1v) is 5.95.